The average Bonchev–Trinajstić information content (AvgIpc) is 2.04. The van der Waals surface area contributed by atoms with E-state index in [-0.39, 0.29) is 6.03 Å². The molecule has 70 valence electrons. The summed E-state index contributed by atoms with van der Waals surface area (Å²) in [7, 11) is 0. The SMILES string of the molecule is CCNC(=O)Nc1cccc(Cl)c1. The zero-order valence-corrected chi connectivity index (χ0v) is 8.06. The summed E-state index contributed by atoms with van der Waals surface area (Å²) in [6.07, 6.45) is 0. The number of carbonyl (C=O) groups excluding carboxylic acids is 1. The van der Waals surface area contributed by atoms with Crippen LogP contribution in [-0.2, 0) is 0 Å². The minimum absolute atomic E-state index is 0.218. The lowest BCUT2D eigenvalue weighted by Gasteiger charge is -2.05. The molecule has 3 nitrogen and oxygen atoms in total. The van der Waals surface area contributed by atoms with Gasteiger partial charge in [0.25, 0.3) is 0 Å². The zero-order valence-electron chi connectivity index (χ0n) is 7.30. The van der Waals surface area contributed by atoms with Gasteiger partial charge in [0.1, 0.15) is 0 Å². The van der Waals surface area contributed by atoms with Crippen LogP contribution in [0, 0.1) is 0 Å². The lowest BCUT2D eigenvalue weighted by atomic mass is 10.3. The van der Waals surface area contributed by atoms with E-state index in [2.05, 4.69) is 10.6 Å². The van der Waals surface area contributed by atoms with Crippen LogP contribution in [0.1, 0.15) is 6.92 Å². The van der Waals surface area contributed by atoms with Crippen molar-refractivity contribution >= 4 is 23.3 Å². The number of benzene rings is 1. The number of urea groups is 1. The van der Waals surface area contributed by atoms with Crippen molar-refractivity contribution in [3.63, 3.8) is 0 Å². The second-order valence-electron chi connectivity index (χ2n) is 2.49. The highest BCUT2D eigenvalue weighted by Gasteiger charge is 1.98. The molecule has 0 aliphatic rings. The van der Waals surface area contributed by atoms with E-state index in [4.69, 9.17) is 11.6 Å². The molecule has 0 bridgehead atoms. The molecule has 0 aromatic heterocycles. The number of halogens is 1. The van der Waals surface area contributed by atoms with Crippen LogP contribution in [0.3, 0.4) is 0 Å². The Balaban J connectivity index is 2.58. The molecule has 0 fully saturated rings. The molecule has 0 heterocycles. The van der Waals surface area contributed by atoms with E-state index in [0.717, 1.165) is 0 Å². The van der Waals surface area contributed by atoms with E-state index < -0.39 is 0 Å². The van der Waals surface area contributed by atoms with Gasteiger partial charge in [-0.05, 0) is 25.1 Å². The van der Waals surface area contributed by atoms with Gasteiger partial charge in [-0.1, -0.05) is 17.7 Å². The van der Waals surface area contributed by atoms with E-state index in [1.54, 1.807) is 24.3 Å². The summed E-state index contributed by atoms with van der Waals surface area (Å²) in [5, 5.41) is 5.88. The van der Waals surface area contributed by atoms with Crippen LogP contribution in [0.2, 0.25) is 5.02 Å². The average molecular weight is 199 g/mol. The van der Waals surface area contributed by atoms with Gasteiger partial charge in [-0.3, -0.25) is 0 Å². The molecule has 1 aromatic carbocycles. The minimum atomic E-state index is -0.218. The van der Waals surface area contributed by atoms with Crippen LogP contribution in [0.25, 0.3) is 0 Å². The first-order valence-corrected chi connectivity index (χ1v) is 4.40. The number of carbonyl (C=O) groups is 1. The second kappa shape index (κ2) is 4.72. The van der Waals surface area contributed by atoms with Gasteiger partial charge >= 0.3 is 6.03 Å². The lowest BCUT2D eigenvalue weighted by molar-refractivity contribution is 0.252. The number of rotatable bonds is 2. The number of anilines is 1. The molecule has 2 N–H and O–H groups in total. The Morgan fingerprint density at radius 3 is 2.92 bits per heavy atom. The molecular formula is C9H11ClN2O. The van der Waals surface area contributed by atoms with Crippen LogP contribution >= 0.6 is 11.6 Å². The summed E-state index contributed by atoms with van der Waals surface area (Å²) in [5.74, 6) is 0. The van der Waals surface area contributed by atoms with E-state index in [0.29, 0.717) is 17.3 Å². The Morgan fingerprint density at radius 1 is 1.54 bits per heavy atom. The first-order valence-electron chi connectivity index (χ1n) is 4.03. The highest BCUT2D eigenvalue weighted by atomic mass is 35.5. The zero-order chi connectivity index (χ0) is 9.68. The van der Waals surface area contributed by atoms with Gasteiger partial charge in [-0.25, -0.2) is 4.79 Å². The number of nitrogens with one attached hydrogen (secondary N) is 2. The summed E-state index contributed by atoms with van der Waals surface area (Å²) < 4.78 is 0. The van der Waals surface area contributed by atoms with Crippen molar-refractivity contribution in [1.82, 2.24) is 5.32 Å². The monoisotopic (exact) mass is 198 g/mol. The molecule has 0 unspecified atom stereocenters. The molecule has 1 rings (SSSR count). The molecule has 0 saturated heterocycles. The van der Waals surface area contributed by atoms with Gasteiger partial charge in [0.2, 0.25) is 0 Å². The molecule has 2 amide bonds. The molecule has 0 radical (unpaired) electrons. The molecular weight excluding hydrogens is 188 g/mol. The summed E-state index contributed by atoms with van der Waals surface area (Å²) in [4.78, 5) is 11.1. The first kappa shape index (κ1) is 9.86. The van der Waals surface area contributed by atoms with Gasteiger partial charge in [0.05, 0.1) is 0 Å². The van der Waals surface area contributed by atoms with Crippen LogP contribution in [-0.4, -0.2) is 12.6 Å². The van der Waals surface area contributed by atoms with Gasteiger partial charge < -0.3 is 10.6 Å². The molecule has 0 spiro atoms. The van der Waals surface area contributed by atoms with Crippen molar-refractivity contribution in [2.24, 2.45) is 0 Å². The maximum atomic E-state index is 11.1. The highest BCUT2D eigenvalue weighted by molar-refractivity contribution is 6.30. The van der Waals surface area contributed by atoms with E-state index >= 15 is 0 Å². The molecule has 13 heavy (non-hydrogen) atoms. The minimum Gasteiger partial charge on any atom is -0.338 e. The number of hydrogen-bond acceptors (Lipinski definition) is 1. The maximum absolute atomic E-state index is 11.1. The fourth-order valence-corrected chi connectivity index (χ4v) is 1.09. The molecule has 0 aliphatic carbocycles. The normalized spacial score (nSPS) is 9.38. The third kappa shape index (κ3) is 3.34. The van der Waals surface area contributed by atoms with Crippen LogP contribution < -0.4 is 10.6 Å². The molecule has 0 saturated carbocycles. The van der Waals surface area contributed by atoms with Crippen molar-refractivity contribution in [3.05, 3.63) is 29.3 Å². The highest BCUT2D eigenvalue weighted by Crippen LogP contribution is 2.14. The predicted octanol–water partition coefficient (Wildman–Crippen LogP) is 2.48. The Bertz CT molecular complexity index is 301. The standard InChI is InChI=1S/C9H11ClN2O/c1-2-11-9(13)12-8-5-3-4-7(10)6-8/h3-6H,2H2,1H3,(H2,11,12,13). The predicted molar refractivity (Wildman–Crippen MR) is 54.1 cm³/mol. The Labute approximate surface area is 82.1 Å². The van der Waals surface area contributed by atoms with E-state index in [1.165, 1.54) is 0 Å². The molecule has 4 heteroatoms. The Morgan fingerprint density at radius 2 is 2.31 bits per heavy atom. The number of hydrogen-bond donors (Lipinski definition) is 2. The third-order valence-electron chi connectivity index (χ3n) is 1.42. The molecule has 0 aliphatic heterocycles. The van der Waals surface area contributed by atoms with Gasteiger partial charge in [0, 0.05) is 17.3 Å². The van der Waals surface area contributed by atoms with Crippen LogP contribution in [0.15, 0.2) is 24.3 Å². The fourth-order valence-electron chi connectivity index (χ4n) is 0.902. The lowest BCUT2D eigenvalue weighted by Crippen LogP contribution is -2.28. The fraction of sp³-hybridized carbons (Fsp3) is 0.222. The maximum Gasteiger partial charge on any atom is 0.319 e. The first-order chi connectivity index (χ1) is 6.22. The molecule has 1 aromatic rings. The Kier molecular flexibility index (Phi) is 3.58. The summed E-state index contributed by atoms with van der Waals surface area (Å²) in [6.45, 7) is 2.46. The summed E-state index contributed by atoms with van der Waals surface area (Å²) >= 11 is 5.73. The summed E-state index contributed by atoms with van der Waals surface area (Å²) in [5.41, 5.74) is 0.693. The Hall–Kier alpha value is -1.22. The van der Waals surface area contributed by atoms with Crippen molar-refractivity contribution in [3.8, 4) is 0 Å². The topological polar surface area (TPSA) is 41.1 Å². The third-order valence-corrected chi connectivity index (χ3v) is 1.65. The van der Waals surface area contributed by atoms with E-state index in [9.17, 15) is 4.79 Å². The quantitative estimate of drug-likeness (QED) is 0.753. The van der Waals surface area contributed by atoms with Gasteiger partial charge in [0.15, 0.2) is 0 Å². The van der Waals surface area contributed by atoms with Crippen molar-refractivity contribution in [2.45, 2.75) is 6.92 Å². The largest absolute Gasteiger partial charge is 0.338 e. The van der Waals surface area contributed by atoms with Crippen LogP contribution in [0.5, 0.6) is 0 Å². The second-order valence-corrected chi connectivity index (χ2v) is 2.93. The van der Waals surface area contributed by atoms with Crippen LogP contribution in [0.4, 0.5) is 10.5 Å². The van der Waals surface area contributed by atoms with Gasteiger partial charge in [-0.2, -0.15) is 0 Å². The summed E-state index contributed by atoms with van der Waals surface area (Å²) in [6, 6.07) is 6.79. The van der Waals surface area contributed by atoms with Crippen molar-refractivity contribution < 1.29 is 4.79 Å². The van der Waals surface area contributed by atoms with E-state index in [1.807, 2.05) is 6.92 Å². The van der Waals surface area contributed by atoms with Gasteiger partial charge in [-0.15, -0.1) is 0 Å². The number of amides is 2. The smallest absolute Gasteiger partial charge is 0.319 e. The molecule has 0 atom stereocenters. The van der Waals surface area contributed by atoms with Crippen molar-refractivity contribution in [2.75, 3.05) is 11.9 Å². The van der Waals surface area contributed by atoms with Crippen molar-refractivity contribution in [1.29, 1.82) is 0 Å².